The van der Waals surface area contributed by atoms with Gasteiger partial charge in [0.2, 0.25) is 0 Å². The molecule has 0 atom stereocenters. The predicted molar refractivity (Wildman–Crippen MR) is 63.3 cm³/mol. The maximum atomic E-state index is 11.5. The van der Waals surface area contributed by atoms with Crippen LogP contribution in [0.3, 0.4) is 0 Å². The van der Waals surface area contributed by atoms with E-state index in [-0.39, 0.29) is 0 Å². The summed E-state index contributed by atoms with van der Waals surface area (Å²) < 4.78 is 9.97. The van der Waals surface area contributed by atoms with Crippen LogP contribution in [0.15, 0.2) is 12.1 Å². The van der Waals surface area contributed by atoms with Crippen molar-refractivity contribution in [3.63, 3.8) is 0 Å². The van der Waals surface area contributed by atoms with Gasteiger partial charge in [-0.15, -0.1) is 0 Å². The standard InChI is InChI=1S/C12H17NO3/c1-8-6-9(2)11(15-4)10(7-8)13(3)12(14)16-5/h6-7H,1-5H3. The van der Waals surface area contributed by atoms with Crippen LogP contribution in [0.5, 0.6) is 5.75 Å². The minimum absolute atomic E-state index is 0.414. The second-order valence-corrected chi connectivity index (χ2v) is 3.66. The number of nitrogens with zero attached hydrogens (tertiary/aromatic N) is 1. The van der Waals surface area contributed by atoms with Crippen LogP contribution in [0.4, 0.5) is 10.5 Å². The van der Waals surface area contributed by atoms with Crippen molar-refractivity contribution < 1.29 is 14.3 Å². The van der Waals surface area contributed by atoms with Gasteiger partial charge in [0.1, 0.15) is 5.75 Å². The fraction of sp³-hybridized carbons (Fsp3) is 0.417. The molecule has 0 aliphatic rings. The molecular weight excluding hydrogens is 206 g/mol. The average Bonchev–Trinajstić information content (AvgIpc) is 2.26. The highest BCUT2D eigenvalue weighted by Gasteiger charge is 2.17. The largest absolute Gasteiger partial charge is 0.494 e. The van der Waals surface area contributed by atoms with Crippen LogP contribution in [-0.2, 0) is 4.74 Å². The molecule has 1 rings (SSSR count). The average molecular weight is 223 g/mol. The first-order valence-electron chi connectivity index (χ1n) is 4.98. The first-order chi connectivity index (χ1) is 7.51. The lowest BCUT2D eigenvalue weighted by molar-refractivity contribution is 0.180. The third-order valence-electron chi connectivity index (χ3n) is 2.41. The third-order valence-corrected chi connectivity index (χ3v) is 2.41. The number of ether oxygens (including phenoxy) is 2. The van der Waals surface area contributed by atoms with Gasteiger partial charge in [-0.2, -0.15) is 0 Å². The number of rotatable bonds is 2. The molecule has 0 bridgehead atoms. The summed E-state index contributed by atoms with van der Waals surface area (Å²) in [6.07, 6.45) is -0.414. The van der Waals surface area contributed by atoms with E-state index in [1.165, 1.54) is 12.0 Å². The number of hydrogen-bond acceptors (Lipinski definition) is 3. The number of anilines is 1. The second kappa shape index (κ2) is 4.88. The summed E-state index contributed by atoms with van der Waals surface area (Å²) in [6.45, 7) is 3.92. The Kier molecular flexibility index (Phi) is 3.77. The zero-order valence-corrected chi connectivity index (χ0v) is 10.3. The molecular formula is C12H17NO3. The Morgan fingerprint density at radius 2 is 1.88 bits per heavy atom. The van der Waals surface area contributed by atoms with Gasteiger partial charge in [0.25, 0.3) is 0 Å². The highest BCUT2D eigenvalue weighted by atomic mass is 16.5. The van der Waals surface area contributed by atoms with Crippen molar-refractivity contribution in [2.24, 2.45) is 0 Å². The molecule has 1 amide bonds. The van der Waals surface area contributed by atoms with Crippen LogP contribution < -0.4 is 9.64 Å². The van der Waals surface area contributed by atoms with E-state index in [4.69, 9.17) is 4.74 Å². The number of carbonyl (C=O) groups excluding carboxylic acids is 1. The number of aryl methyl sites for hydroxylation is 2. The maximum Gasteiger partial charge on any atom is 0.413 e. The van der Waals surface area contributed by atoms with Gasteiger partial charge < -0.3 is 9.47 Å². The Morgan fingerprint density at radius 3 is 2.38 bits per heavy atom. The van der Waals surface area contributed by atoms with E-state index >= 15 is 0 Å². The van der Waals surface area contributed by atoms with Crippen molar-refractivity contribution in [3.8, 4) is 5.75 Å². The minimum Gasteiger partial charge on any atom is -0.494 e. The topological polar surface area (TPSA) is 38.8 Å². The molecule has 0 fully saturated rings. The highest BCUT2D eigenvalue weighted by molar-refractivity contribution is 5.89. The lowest BCUT2D eigenvalue weighted by atomic mass is 10.1. The number of hydrogen-bond donors (Lipinski definition) is 0. The number of methoxy groups -OCH3 is 2. The van der Waals surface area contributed by atoms with E-state index in [2.05, 4.69) is 4.74 Å². The highest BCUT2D eigenvalue weighted by Crippen LogP contribution is 2.32. The fourth-order valence-electron chi connectivity index (χ4n) is 1.68. The van der Waals surface area contributed by atoms with Crippen LogP contribution in [-0.4, -0.2) is 27.4 Å². The molecule has 0 saturated carbocycles. The fourth-order valence-corrected chi connectivity index (χ4v) is 1.68. The van der Waals surface area contributed by atoms with Crippen LogP contribution in [0.2, 0.25) is 0 Å². The van der Waals surface area contributed by atoms with Gasteiger partial charge in [-0.25, -0.2) is 4.79 Å². The summed E-state index contributed by atoms with van der Waals surface area (Å²) in [5, 5.41) is 0. The number of carbonyl (C=O) groups is 1. The van der Waals surface area contributed by atoms with Crippen molar-refractivity contribution in [2.75, 3.05) is 26.2 Å². The van der Waals surface area contributed by atoms with E-state index in [1.54, 1.807) is 14.2 Å². The zero-order chi connectivity index (χ0) is 12.3. The lowest BCUT2D eigenvalue weighted by Gasteiger charge is -2.20. The molecule has 4 nitrogen and oxygen atoms in total. The molecule has 88 valence electrons. The Bertz CT molecular complexity index is 401. The van der Waals surface area contributed by atoms with Crippen LogP contribution >= 0.6 is 0 Å². The summed E-state index contributed by atoms with van der Waals surface area (Å²) in [6, 6.07) is 3.90. The summed E-state index contributed by atoms with van der Waals surface area (Å²) in [5.74, 6) is 0.693. The van der Waals surface area contributed by atoms with Gasteiger partial charge in [-0.3, -0.25) is 4.90 Å². The van der Waals surface area contributed by atoms with Crippen LogP contribution in [0.25, 0.3) is 0 Å². The third kappa shape index (κ3) is 2.27. The summed E-state index contributed by atoms with van der Waals surface area (Å²) in [7, 11) is 4.60. The van der Waals surface area contributed by atoms with Crippen molar-refractivity contribution >= 4 is 11.8 Å². The minimum atomic E-state index is -0.414. The zero-order valence-electron chi connectivity index (χ0n) is 10.3. The summed E-state index contributed by atoms with van der Waals surface area (Å²) in [5.41, 5.74) is 2.78. The van der Waals surface area contributed by atoms with Crippen LogP contribution in [0, 0.1) is 13.8 Å². The van der Waals surface area contributed by atoms with Gasteiger partial charge in [-0.1, -0.05) is 6.07 Å². The molecule has 0 aromatic heterocycles. The van der Waals surface area contributed by atoms with Gasteiger partial charge >= 0.3 is 6.09 Å². The molecule has 0 unspecified atom stereocenters. The van der Waals surface area contributed by atoms with Gasteiger partial charge in [0, 0.05) is 7.05 Å². The molecule has 1 aromatic carbocycles. The molecule has 0 saturated heterocycles. The van der Waals surface area contributed by atoms with E-state index in [9.17, 15) is 4.79 Å². The molecule has 16 heavy (non-hydrogen) atoms. The quantitative estimate of drug-likeness (QED) is 0.773. The SMILES string of the molecule is COC(=O)N(C)c1cc(C)cc(C)c1OC. The van der Waals surface area contributed by atoms with Crippen molar-refractivity contribution in [1.29, 1.82) is 0 Å². The molecule has 1 aromatic rings. The van der Waals surface area contributed by atoms with E-state index < -0.39 is 6.09 Å². The molecule has 0 aliphatic heterocycles. The van der Waals surface area contributed by atoms with Crippen LogP contribution in [0.1, 0.15) is 11.1 Å². The monoisotopic (exact) mass is 223 g/mol. The molecule has 0 aliphatic carbocycles. The van der Waals surface area contributed by atoms with E-state index in [0.717, 1.165) is 11.1 Å². The van der Waals surface area contributed by atoms with Gasteiger partial charge in [0.15, 0.2) is 0 Å². The van der Waals surface area contributed by atoms with Gasteiger partial charge in [-0.05, 0) is 31.0 Å². The Balaban J connectivity index is 3.25. The summed E-state index contributed by atoms with van der Waals surface area (Å²) in [4.78, 5) is 12.9. The van der Waals surface area contributed by atoms with E-state index in [1.807, 2.05) is 26.0 Å². The van der Waals surface area contributed by atoms with E-state index in [0.29, 0.717) is 11.4 Å². The van der Waals surface area contributed by atoms with Crippen molar-refractivity contribution in [2.45, 2.75) is 13.8 Å². The number of benzene rings is 1. The molecule has 0 spiro atoms. The molecule has 4 heteroatoms. The second-order valence-electron chi connectivity index (χ2n) is 3.66. The Labute approximate surface area is 95.8 Å². The lowest BCUT2D eigenvalue weighted by Crippen LogP contribution is -2.26. The Morgan fingerprint density at radius 1 is 1.25 bits per heavy atom. The maximum absolute atomic E-state index is 11.5. The summed E-state index contributed by atoms with van der Waals surface area (Å²) >= 11 is 0. The Hall–Kier alpha value is -1.71. The smallest absolute Gasteiger partial charge is 0.413 e. The molecule has 0 radical (unpaired) electrons. The predicted octanol–water partition coefficient (Wildman–Crippen LogP) is 2.51. The first kappa shape index (κ1) is 12.4. The van der Waals surface area contributed by atoms with Gasteiger partial charge in [0.05, 0.1) is 19.9 Å². The normalized spacial score (nSPS) is 9.81. The molecule has 0 heterocycles. The number of amides is 1. The van der Waals surface area contributed by atoms with Crippen molar-refractivity contribution in [1.82, 2.24) is 0 Å². The molecule has 0 N–H and O–H groups in total. The first-order valence-corrected chi connectivity index (χ1v) is 4.98. The van der Waals surface area contributed by atoms with Crippen molar-refractivity contribution in [3.05, 3.63) is 23.3 Å².